The van der Waals surface area contributed by atoms with Gasteiger partial charge in [0.25, 0.3) is 6.47 Å². The van der Waals surface area contributed by atoms with Crippen LogP contribution in [0.15, 0.2) is 0 Å². The predicted octanol–water partition coefficient (Wildman–Crippen LogP) is 1.75. The van der Waals surface area contributed by atoms with Gasteiger partial charge in [-0.15, -0.1) is 0 Å². The van der Waals surface area contributed by atoms with Crippen LogP contribution in [-0.4, -0.2) is 61.9 Å². The quantitative estimate of drug-likeness (QED) is 0.209. The molecule has 1 radical (unpaired) electrons. The summed E-state index contributed by atoms with van der Waals surface area (Å²) >= 11 is 0. The van der Waals surface area contributed by atoms with Gasteiger partial charge < -0.3 is 4.74 Å². The standard InChI is InChI=1S/C33H56N8O2.Co/c42-16-43-24-15-7-14-23-25(24)33-40-31-22-13-6-5-12-21(22)29(38-31)36-27-18-9-2-1-8-17(18)26(34-27)35-28-19-10-3-4-11-20(19)30(37-28)39-32(23)41-33;/h16-41H,1-15H2;. The number of hydrogen-bond acceptors (Lipinski definition) is 10. The van der Waals surface area contributed by atoms with Gasteiger partial charge in [0.1, 0.15) is 6.10 Å². The van der Waals surface area contributed by atoms with Gasteiger partial charge in [-0.25, -0.2) is 0 Å². The molecule has 5 saturated heterocycles. The molecule has 5 aliphatic heterocycles. The van der Waals surface area contributed by atoms with E-state index in [0.29, 0.717) is 78.7 Å². The van der Waals surface area contributed by atoms with Gasteiger partial charge in [-0.05, 0) is 99.2 Å². The molecule has 0 amide bonds. The summed E-state index contributed by atoms with van der Waals surface area (Å²) in [6.45, 7) is 0.702. The third-order valence-corrected chi connectivity index (χ3v) is 14.1. The van der Waals surface area contributed by atoms with E-state index in [9.17, 15) is 4.79 Å². The molecule has 0 aromatic rings. The van der Waals surface area contributed by atoms with E-state index in [1.807, 2.05) is 0 Å². The Morgan fingerprint density at radius 3 is 1.02 bits per heavy atom. The first-order valence-corrected chi connectivity index (χ1v) is 18.4. The van der Waals surface area contributed by atoms with E-state index in [1.54, 1.807) is 0 Å². The number of rotatable bonds is 2. The number of hydrogen-bond donors (Lipinski definition) is 8. The van der Waals surface area contributed by atoms with Crippen LogP contribution in [0.2, 0.25) is 0 Å². The normalized spacial score (nSPS) is 54.7. The monoisotopic (exact) mass is 655 g/mol. The fourth-order valence-corrected chi connectivity index (χ4v) is 12.2. The smallest absolute Gasteiger partial charge is 0.293 e. The van der Waals surface area contributed by atoms with Gasteiger partial charge in [0.15, 0.2) is 0 Å². The Balaban J connectivity index is 0.00000289. The first-order valence-electron chi connectivity index (χ1n) is 18.4. The second-order valence-corrected chi connectivity index (χ2v) is 15.9. The summed E-state index contributed by atoms with van der Waals surface area (Å²) in [5, 5.41) is 33.3. The van der Waals surface area contributed by atoms with Crippen LogP contribution in [0, 0.1) is 47.3 Å². The maximum absolute atomic E-state index is 11.6. The van der Waals surface area contributed by atoms with Gasteiger partial charge in [0, 0.05) is 22.7 Å². The zero-order valence-electron chi connectivity index (χ0n) is 26.1. The van der Waals surface area contributed by atoms with Crippen LogP contribution in [0.1, 0.15) is 96.3 Å². The van der Waals surface area contributed by atoms with Crippen molar-refractivity contribution in [1.82, 2.24) is 42.5 Å². The number of carbonyl (C=O) groups excluding carboxylic acids is 1. The van der Waals surface area contributed by atoms with Crippen molar-refractivity contribution in [3.05, 3.63) is 0 Å². The zero-order valence-corrected chi connectivity index (χ0v) is 27.2. The van der Waals surface area contributed by atoms with Crippen molar-refractivity contribution < 1.29 is 26.3 Å². The third-order valence-electron chi connectivity index (χ3n) is 14.1. The van der Waals surface area contributed by atoms with E-state index in [0.717, 1.165) is 12.8 Å². The molecule has 8 bridgehead atoms. The zero-order chi connectivity index (χ0) is 28.5. The molecule has 9 fully saturated rings. The van der Waals surface area contributed by atoms with Crippen LogP contribution >= 0.6 is 0 Å². The van der Waals surface area contributed by atoms with Gasteiger partial charge in [0.2, 0.25) is 0 Å². The Kier molecular flexibility index (Phi) is 9.10. The number of carbonyl (C=O) groups is 1. The summed E-state index contributed by atoms with van der Waals surface area (Å²) in [6, 6.07) is 0. The maximum Gasteiger partial charge on any atom is 0.293 e. The Hall–Kier alpha value is -0.344. The van der Waals surface area contributed by atoms with Crippen molar-refractivity contribution >= 4 is 6.47 Å². The van der Waals surface area contributed by atoms with E-state index >= 15 is 0 Å². The molecular weight excluding hydrogens is 599 g/mol. The van der Waals surface area contributed by atoms with Crippen molar-refractivity contribution in [3.63, 3.8) is 0 Å². The Morgan fingerprint density at radius 1 is 0.386 bits per heavy atom. The number of fused-ring (bicyclic) bond motifs is 20. The summed E-state index contributed by atoms with van der Waals surface area (Å²) in [6.07, 6.45) is 21.5. The van der Waals surface area contributed by atoms with Gasteiger partial charge >= 0.3 is 0 Å². The summed E-state index contributed by atoms with van der Waals surface area (Å²) in [5.41, 5.74) is 0. The fourth-order valence-electron chi connectivity index (χ4n) is 12.2. The van der Waals surface area contributed by atoms with E-state index in [-0.39, 0.29) is 47.3 Å². The molecule has 10 nitrogen and oxygen atoms in total. The van der Waals surface area contributed by atoms with Crippen molar-refractivity contribution in [2.75, 3.05) is 0 Å². The van der Waals surface area contributed by atoms with Gasteiger partial charge in [-0.3, -0.25) is 47.3 Å². The molecule has 17 atom stereocenters. The van der Waals surface area contributed by atoms with E-state index in [4.69, 9.17) is 4.74 Å². The Morgan fingerprint density at radius 2 is 0.682 bits per heavy atom. The molecule has 11 heteroatoms. The van der Waals surface area contributed by atoms with Crippen LogP contribution in [-0.2, 0) is 26.3 Å². The molecule has 249 valence electrons. The average Bonchev–Trinajstić information content (AvgIpc) is 3.77. The predicted molar refractivity (Wildman–Crippen MR) is 164 cm³/mol. The second kappa shape index (κ2) is 12.9. The SMILES string of the molecule is O=COC1CCCC2C3NC4NC(NC5NC(NC6NC(NC(N3)C12)C1CCCCC61)C1CCCCC51)C1CCCCC41.[Co]. The minimum Gasteiger partial charge on any atom is -0.464 e. The van der Waals surface area contributed by atoms with Gasteiger partial charge in [-0.1, -0.05) is 38.5 Å². The second-order valence-electron chi connectivity index (χ2n) is 15.9. The first-order chi connectivity index (χ1) is 21.2. The van der Waals surface area contributed by atoms with Crippen LogP contribution in [0.5, 0.6) is 0 Å². The fraction of sp³-hybridized carbons (Fsp3) is 0.970. The average molecular weight is 656 g/mol. The van der Waals surface area contributed by atoms with Crippen molar-refractivity contribution in [3.8, 4) is 0 Å². The maximum atomic E-state index is 11.6. The third kappa shape index (κ3) is 5.33. The molecule has 9 rings (SSSR count). The number of ether oxygens (including phenoxy) is 1. The largest absolute Gasteiger partial charge is 0.464 e. The van der Waals surface area contributed by atoms with Gasteiger partial charge in [0.05, 0.1) is 49.3 Å². The number of nitrogens with one attached hydrogen (secondary N) is 8. The topological polar surface area (TPSA) is 123 Å². The Labute approximate surface area is 273 Å². The molecule has 17 unspecified atom stereocenters. The molecule has 4 saturated carbocycles. The summed E-state index contributed by atoms with van der Waals surface area (Å²) in [5.74, 6) is 4.71. The molecule has 9 aliphatic rings. The molecular formula is C33H56CoN8O2. The van der Waals surface area contributed by atoms with Crippen LogP contribution in [0.25, 0.3) is 0 Å². The minimum absolute atomic E-state index is 0. The summed E-state index contributed by atoms with van der Waals surface area (Å²) in [4.78, 5) is 11.6. The molecule has 0 spiro atoms. The molecule has 5 heterocycles. The van der Waals surface area contributed by atoms with Crippen LogP contribution in [0.4, 0.5) is 0 Å². The molecule has 44 heavy (non-hydrogen) atoms. The van der Waals surface area contributed by atoms with Crippen molar-refractivity contribution in [2.24, 2.45) is 47.3 Å². The van der Waals surface area contributed by atoms with E-state index in [2.05, 4.69) is 42.5 Å². The summed E-state index contributed by atoms with van der Waals surface area (Å²) in [7, 11) is 0. The summed E-state index contributed by atoms with van der Waals surface area (Å²) < 4.78 is 5.83. The van der Waals surface area contributed by atoms with E-state index < -0.39 is 0 Å². The molecule has 8 N–H and O–H groups in total. The van der Waals surface area contributed by atoms with Crippen molar-refractivity contribution in [1.29, 1.82) is 0 Å². The molecule has 0 aromatic heterocycles. The molecule has 0 aromatic carbocycles. The first kappa shape index (κ1) is 31.0. The van der Waals surface area contributed by atoms with Crippen LogP contribution < -0.4 is 42.5 Å². The van der Waals surface area contributed by atoms with Crippen LogP contribution in [0.3, 0.4) is 0 Å². The van der Waals surface area contributed by atoms with E-state index in [1.165, 1.54) is 83.5 Å². The minimum atomic E-state index is -0.0239. The molecule has 4 aliphatic carbocycles. The van der Waals surface area contributed by atoms with Crippen molar-refractivity contribution in [2.45, 2.75) is 152 Å². The Bertz CT molecular complexity index is 1020. The van der Waals surface area contributed by atoms with Gasteiger partial charge in [-0.2, -0.15) is 0 Å².